The van der Waals surface area contributed by atoms with Crippen LogP contribution in [0.3, 0.4) is 0 Å². The van der Waals surface area contributed by atoms with Crippen LogP contribution in [0.4, 0.5) is 0 Å². The van der Waals surface area contributed by atoms with Gasteiger partial charge in [-0.2, -0.15) is 0 Å². The smallest absolute Gasteiger partial charge is 0.0224 e. The highest BCUT2D eigenvalue weighted by atomic mass is 14.3. The Balaban J connectivity index is 2.72. The summed E-state index contributed by atoms with van der Waals surface area (Å²) in [5.74, 6) is 1.27. The Kier molecular flexibility index (Phi) is 9.25. The molecule has 0 aliphatic carbocycles. The molecule has 1 rings (SSSR count). The Bertz CT molecular complexity index is 589. The second kappa shape index (κ2) is 10.5. The molecule has 0 aliphatic heterocycles. The molecule has 0 N–H and O–H groups in total. The molecule has 28 heavy (non-hydrogen) atoms. The number of benzene rings is 1. The van der Waals surface area contributed by atoms with E-state index < -0.39 is 0 Å². The zero-order valence-electron chi connectivity index (χ0n) is 20.4. The van der Waals surface area contributed by atoms with E-state index in [1.807, 2.05) is 0 Å². The topological polar surface area (TPSA) is 0 Å². The van der Waals surface area contributed by atoms with E-state index in [-0.39, 0.29) is 0 Å². The van der Waals surface area contributed by atoms with E-state index in [1.165, 1.54) is 35.1 Å². The lowest BCUT2D eigenvalue weighted by atomic mass is 9.78. The standard InChI is InChI=1S/C28H46/c1-21(2)15-23(5)17-27(7,8)19-25-11-13-26(14-12-25)20-28(9,10)18-24(6)16-22(3)4/h11-16,21-22H,17-20H2,1-10H3/b23-15+,24-16+. The maximum atomic E-state index is 2.41. The number of hydrogen-bond donors (Lipinski definition) is 0. The van der Waals surface area contributed by atoms with Crippen molar-refractivity contribution in [3.05, 3.63) is 58.7 Å². The Labute approximate surface area is 176 Å². The van der Waals surface area contributed by atoms with Gasteiger partial charge in [0.1, 0.15) is 0 Å². The van der Waals surface area contributed by atoms with Crippen LogP contribution in [0.1, 0.15) is 93.2 Å². The summed E-state index contributed by atoms with van der Waals surface area (Å²) in [7, 11) is 0. The van der Waals surface area contributed by atoms with Crippen LogP contribution in [0.2, 0.25) is 0 Å². The molecule has 0 bridgehead atoms. The molecule has 0 aromatic heterocycles. The molecule has 0 amide bonds. The van der Waals surface area contributed by atoms with Gasteiger partial charge < -0.3 is 0 Å². The van der Waals surface area contributed by atoms with Crippen LogP contribution in [0.5, 0.6) is 0 Å². The summed E-state index contributed by atoms with van der Waals surface area (Å²) in [5, 5.41) is 0. The van der Waals surface area contributed by atoms with Crippen molar-refractivity contribution < 1.29 is 0 Å². The van der Waals surface area contributed by atoms with Crippen LogP contribution < -0.4 is 0 Å². The Hall–Kier alpha value is -1.30. The predicted octanol–water partition coefficient (Wildman–Crippen LogP) is 8.81. The summed E-state index contributed by atoms with van der Waals surface area (Å²) < 4.78 is 0. The van der Waals surface area contributed by atoms with Gasteiger partial charge in [0.2, 0.25) is 0 Å². The minimum Gasteiger partial charge on any atom is -0.0830 e. The fraction of sp³-hybridized carbons (Fsp3) is 0.643. The van der Waals surface area contributed by atoms with Crippen LogP contribution in [0.25, 0.3) is 0 Å². The fourth-order valence-electron chi connectivity index (χ4n) is 4.77. The molecule has 0 nitrogen and oxygen atoms in total. The monoisotopic (exact) mass is 382 g/mol. The maximum absolute atomic E-state index is 2.41. The van der Waals surface area contributed by atoms with Crippen LogP contribution in [0, 0.1) is 22.7 Å². The molecule has 0 unspecified atom stereocenters. The first-order chi connectivity index (χ1) is 12.8. The highest BCUT2D eigenvalue weighted by Crippen LogP contribution is 2.32. The fourth-order valence-corrected chi connectivity index (χ4v) is 4.77. The quantitative estimate of drug-likeness (QED) is 0.355. The molecule has 0 heterocycles. The van der Waals surface area contributed by atoms with Crippen molar-refractivity contribution in [1.29, 1.82) is 0 Å². The summed E-state index contributed by atoms with van der Waals surface area (Å²) >= 11 is 0. The van der Waals surface area contributed by atoms with Crippen LogP contribution >= 0.6 is 0 Å². The molecule has 1 aromatic rings. The summed E-state index contributed by atoms with van der Waals surface area (Å²) in [6, 6.07) is 9.41. The van der Waals surface area contributed by atoms with Crippen LogP contribution in [0.15, 0.2) is 47.6 Å². The second-order valence-corrected chi connectivity index (χ2v) is 11.4. The van der Waals surface area contributed by atoms with E-state index in [9.17, 15) is 0 Å². The largest absolute Gasteiger partial charge is 0.0830 e. The summed E-state index contributed by atoms with van der Waals surface area (Å²) in [6.07, 6.45) is 9.42. The lowest BCUT2D eigenvalue weighted by molar-refractivity contribution is 0.356. The first-order valence-electron chi connectivity index (χ1n) is 11.2. The van der Waals surface area contributed by atoms with Crippen LogP contribution in [-0.2, 0) is 12.8 Å². The maximum Gasteiger partial charge on any atom is -0.0224 e. The van der Waals surface area contributed by atoms with E-state index >= 15 is 0 Å². The zero-order valence-corrected chi connectivity index (χ0v) is 20.4. The third kappa shape index (κ3) is 10.3. The van der Waals surface area contributed by atoms with Crippen molar-refractivity contribution in [3.63, 3.8) is 0 Å². The Morgan fingerprint density at radius 1 is 0.679 bits per heavy atom. The minimum atomic E-state index is 0.301. The molecular weight excluding hydrogens is 336 g/mol. The van der Waals surface area contributed by atoms with Gasteiger partial charge in [0.05, 0.1) is 0 Å². The van der Waals surface area contributed by atoms with Gasteiger partial charge in [-0.1, -0.05) is 103 Å². The molecule has 0 saturated carbocycles. The lowest BCUT2D eigenvalue weighted by Crippen LogP contribution is -2.17. The zero-order chi connectivity index (χ0) is 21.5. The molecular formula is C28H46. The van der Waals surface area contributed by atoms with Gasteiger partial charge in [-0.3, -0.25) is 0 Å². The van der Waals surface area contributed by atoms with Crippen molar-refractivity contribution in [1.82, 2.24) is 0 Å². The van der Waals surface area contributed by atoms with E-state index in [2.05, 4.69) is 106 Å². The third-order valence-corrected chi connectivity index (χ3v) is 5.14. The van der Waals surface area contributed by atoms with E-state index in [0.29, 0.717) is 22.7 Å². The summed E-state index contributed by atoms with van der Waals surface area (Å²) in [6.45, 7) is 23.2. The molecule has 0 radical (unpaired) electrons. The third-order valence-electron chi connectivity index (χ3n) is 5.14. The molecule has 1 aromatic carbocycles. The molecule has 0 aliphatic rings. The Morgan fingerprint density at radius 3 is 1.21 bits per heavy atom. The van der Waals surface area contributed by atoms with Gasteiger partial charge >= 0.3 is 0 Å². The molecule has 0 fully saturated rings. The van der Waals surface area contributed by atoms with E-state index in [0.717, 1.165) is 12.8 Å². The minimum absolute atomic E-state index is 0.301. The highest BCUT2D eigenvalue weighted by Gasteiger charge is 2.21. The average Bonchev–Trinajstić information content (AvgIpc) is 2.45. The van der Waals surface area contributed by atoms with Gasteiger partial charge in [-0.15, -0.1) is 0 Å². The van der Waals surface area contributed by atoms with E-state index in [4.69, 9.17) is 0 Å². The number of hydrogen-bond acceptors (Lipinski definition) is 0. The SMILES string of the molecule is C/C(=C\C(C)C)CC(C)(C)Cc1ccc(CC(C)(C)C/C(C)=C/C(C)C)cc1. The molecule has 0 spiro atoms. The van der Waals surface area contributed by atoms with Crippen molar-refractivity contribution in [3.8, 4) is 0 Å². The van der Waals surface area contributed by atoms with E-state index in [1.54, 1.807) is 0 Å². The second-order valence-electron chi connectivity index (χ2n) is 11.4. The summed E-state index contributed by atoms with van der Waals surface area (Å²) in [4.78, 5) is 0. The highest BCUT2D eigenvalue weighted by molar-refractivity contribution is 5.25. The summed E-state index contributed by atoms with van der Waals surface area (Å²) in [5.41, 5.74) is 6.55. The van der Waals surface area contributed by atoms with Crippen molar-refractivity contribution in [2.24, 2.45) is 22.7 Å². The molecule has 0 saturated heterocycles. The molecule has 0 atom stereocenters. The van der Waals surface area contributed by atoms with Gasteiger partial charge in [0.25, 0.3) is 0 Å². The normalized spacial score (nSPS) is 14.3. The lowest BCUT2D eigenvalue weighted by Gasteiger charge is -2.27. The van der Waals surface area contributed by atoms with Crippen molar-refractivity contribution >= 4 is 0 Å². The van der Waals surface area contributed by atoms with Gasteiger partial charge in [-0.25, -0.2) is 0 Å². The Morgan fingerprint density at radius 2 is 0.964 bits per heavy atom. The van der Waals surface area contributed by atoms with Crippen molar-refractivity contribution in [2.45, 2.75) is 94.9 Å². The van der Waals surface area contributed by atoms with Gasteiger partial charge in [0.15, 0.2) is 0 Å². The predicted molar refractivity (Wildman–Crippen MR) is 128 cm³/mol. The van der Waals surface area contributed by atoms with Gasteiger partial charge in [0, 0.05) is 0 Å². The average molecular weight is 383 g/mol. The first-order valence-corrected chi connectivity index (χ1v) is 11.2. The van der Waals surface area contributed by atoms with Crippen LogP contribution in [-0.4, -0.2) is 0 Å². The van der Waals surface area contributed by atoms with Crippen molar-refractivity contribution in [2.75, 3.05) is 0 Å². The molecule has 0 heteroatoms. The van der Waals surface area contributed by atoms with Gasteiger partial charge in [-0.05, 0) is 73.3 Å². The number of allylic oxidation sites excluding steroid dienone is 4. The molecule has 158 valence electrons. The number of rotatable bonds is 10. The first kappa shape index (κ1) is 24.7.